The van der Waals surface area contributed by atoms with Gasteiger partial charge in [0.15, 0.2) is 0 Å². The zero-order chi connectivity index (χ0) is 22.2. The van der Waals surface area contributed by atoms with Crippen LogP contribution >= 0.6 is 0 Å². The summed E-state index contributed by atoms with van der Waals surface area (Å²) in [6.07, 6.45) is 14.1. The van der Waals surface area contributed by atoms with Gasteiger partial charge in [0.25, 0.3) is 0 Å². The van der Waals surface area contributed by atoms with Crippen molar-refractivity contribution < 1.29 is 14.6 Å². The van der Waals surface area contributed by atoms with Crippen LogP contribution in [-0.2, 0) is 0 Å². The summed E-state index contributed by atoms with van der Waals surface area (Å²) in [5.41, 5.74) is 0. The number of alkyl halides is 1. The van der Waals surface area contributed by atoms with Crippen LogP contribution in [0.25, 0.3) is 0 Å². The molecule has 0 aromatic heterocycles. The van der Waals surface area contributed by atoms with Gasteiger partial charge in [-0.05, 0) is 44.4 Å². The van der Waals surface area contributed by atoms with Gasteiger partial charge >= 0.3 is 0 Å². The van der Waals surface area contributed by atoms with Gasteiger partial charge in [0.2, 0.25) is 0 Å². The molecule has 0 aromatic rings. The standard InChI is InChI=1S/C14H30O.C8H17FO.C3H8/c1-3-5-6-7-8-11-14(10-4-2)12-9-13-15;1-6(2)4-5-8(10)7(3)9;1-3-2/h14-15H,3-13H2,1-2H3;6-8,10H,4-5H2,1-3H3;3H2,1-2H3/t14-;;/m1../s1. The molecule has 2 nitrogen and oxygen atoms in total. The van der Waals surface area contributed by atoms with Crippen molar-refractivity contribution in [3.05, 3.63) is 0 Å². The second-order valence-corrected chi connectivity index (χ2v) is 8.65. The van der Waals surface area contributed by atoms with Crippen molar-refractivity contribution in [3.8, 4) is 0 Å². The molecule has 0 bridgehead atoms. The molecular weight excluding hydrogens is 351 g/mol. The van der Waals surface area contributed by atoms with Crippen LogP contribution in [-0.4, -0.2) is 29.1 Å². The van der Waals surface area contributed by atoms with Crippen molar-refractivity contribution in [2.75, 3.05) is 6.61 Å². The molecule has 0 aliphatic heterocycles. The van der Waals surface area contributed by atoms with Gasteiger partial charge in [0.1, 0.15) is 6.17 Å². The predicted octanol–water partition coefficient (Wildman–Crippen LogP) is 8.09. The van der Waals surface area contributed by atoms with Gasteiger partial charge in [0, 0.05) is 6.61 Å². The summed E-state index contributed by atoms with van der Waals surface area (Å²) in [5, 5.41) is 17.8. The number of hydrogen-bond donors (Lipinski definition) is 2. The third-order valence-electron chi connectivity index (χ3n) is 4.75. The van der Waals surface area contributed by atoms with Gasteiger partial charge in [-0.3, -0.25) is 0 Å². The predicted molar refractivity (Wildman–Crippen MR) is 125 cm³/mol. The lowest BCUT2D eigenvalue weighted by atomic mass is 9.92. The van der Waals surface area contributed by atoms with Gasteiger partial charge < -0.3 is 10.2 Å². The van der Waals surface area contributed by atoms with E-state index in [-0.39, 0.29) is 0 Å². The van der Waals surface area contributed by atoms with Gasteiger partial charge in [0.05, 0.1) is 6.10 Å². The number of aliphatic hydroxyl groups is 2. The lowest BCUT2D eigenvalue weighted by Crippen LogP contribution is -2.18. The maximum Gasteiger partial charge on any atom is 0.123 e. The summed E-state index contributed by atoms with van der Waals surface area (Å²) in [6.45, 7) is 14.7. The number of aliphatic hydroxyl groups excluding tert-OH is 2. The van der Waals surface area contributed by atoms with E-state index in [0.717, 1.165) is 18.8 Å². The first-order valence-corrected chi connectivity index (χ1v) is 12.2. The fourth-order valence-corrected chi connectivity index (χ4v) is 2.99. The molecule has 0 aliphatic carbocycles. The average Bonchev–Trinajstić information content (AvgIpc) is 2.64. The molecule has 3 atom stereocenters. The Labute approximate surface area is 177 Å². The van der Waals surface area contributed by atoms with E-state index in [2.05, 4.69) is 41.5 Å². The summed E-state index contributed by atoms with van der Waals surface area (Å²) in [6, 6.07) is 0. The van der Waals surface area contributed by atoms with E-state index >= 15 is 0 Å². The Balaban J connectivity index is -0.000000414. The van der Waals surface area contributed by atoms with Crippen LogP contribution in [0.3, 0.4) is 0 Å². The molecule has 0 saturated heterocycles. The van der Waals surface area contributed by atoms with E-state index in [1.165, 1.54) is 71.1 Å². The van der Waals surface area contributed by atoms with Crippen molar-refractivity contribution in [2.45, 2.75) is 144 Å². The Hall–Kier alpha value is -0.150. The number of hydrogen-bond acceptors (Lipinski definition) is 2. The summed E-state index contributed by atoms with van der Waals surface area (Å²) in [5.74, 6) is 1.43. The van der Waals surface area contributed by atoms with E-state index in [1.807, 2.05) is 0 Å². The Kier molecular flexibility index (Phi) is 31.2. The molecular formula is C25H55FO2. The third-order valence-corrected chi connectivity index (χ3v) is 4.75. The molecule has 0 heterocycles. The Bertz CT molecular complexity index is 257. The second-order valence-electron chi connectivity index (χ2n) is 8.65. The zero-order valence-corrected chi connectivity index (χ0v) is 20.5. The highest BCUT2D eigenvalue weighted by molar-refractivity contribution is 4.63. The number of unbranched alkanes of at least 4 members (excludes halogenated alkanes) is 4. The minimum absolute atomic E-state index is 0.371. The van der Waals surface area contributed by atoms with E-state index in [1.54, 1.807) is 0 Å². The molecule has 0 spiro atoms. The lowest BCUT2D eigenvalue weighted by Gasteiger charge is -2.15. The van der Waals surface area contributed by atoms with Gasteiger partial charge in [-0.2, -0.15) is 0 Å². The first-order chi connectivity index (χ1) is 13.3. The highest BCUT2D eigenvalue weighted by Crippen LogP contribution is 2.21. The fourth-order valence-electron chi connectivity index (χ4n) is 2.99. The maximum absolute atomic E-state index is 12.3. The summed E-state index contributed by atoms with van der Waals surface area (Å²) >= 11 is 0. The normalized spacial score (nSPS) is 13.8. The van der Waals surface area contributed by atoms with Crippen LogP contribution in [0, 0.1) is 11.8 Å². The van der Waals surface area contributed by atoms with E-state index in [9.17, 15) is 4.39 Å². The van der Waals surface area contributed by atoms with Crippen LogP contribution in [0.2, 0.25) is 0 Å². The molecule has 2 unspecified atom stereocenters. The first kappa shape index (κ1) is 32.5. The smallest absolute Gasteiger partial charge is 0.123 e. The second kappa shape index (κ2) is 26.9. The molecule has 0 aliphatic rings. The van der Waals surface area contributed by atoms with Crippen LogP contribution < -0.4 is 0 Å². The molecule has 3 heteroatoms. The molecule has 0 saturated carbocycles. The van der Waals surface area contributed by atoms with E-state index < -0.39 is 12.3 Å². The summed E-state index contributed by atoms with van der Waals surface area (Å²) in [4.78, 5) is 0. The van der Waals surface area contributed by atoms with E-state index in [0.29, 0.717) is 18.9 Å². The van der Waals surface area contributed by atoms with Crippen molar-refractivity contribution >= 4 is 0 Å². The Morgan fingerprint density at radius 2 is 1.21 bits per heavy atom. The Morgan fingerprint density at radius 1 is 0.679 bits per heavy atom. The quantitative estimate of drug-likeness (QED) is 0.270. The van der Waals surface area contributed by atoms with Crippen LogP contribution in [0.15, 0.2) is 0 Å². The minimum Gasteiger partial charge on any atom is -0.396 e. The van der Waals surface area contributed by atoms with Gasteiger partial charge in [-0.25, -0.2) is 4.39 Å². The number of rotatable bonds is 15. The van der Waals surface area contributed by atoms with Gasteiger partial charge in [-0.15, -0.1) is 0 Å². The average molecular weight is 407 g/mol. The van der Waals surface area contributed by atoms with E-state index in [4.69, 9.17) is 10.2 Å². The summed E-state index contributed by atoms with van der Waals surface area (Å²) in [7, 11) is 0. The molecule has 0 amide bonds. The van der Waals surface area contributed by atoms with Crippen molar-refractivity contribution in [3.63, 3.8) is 0 Å². The van der Waals surface area contributed by atoms with Crippen molar-refractivity contribution in [1.29, 1.82) is 0 Å². The molecule has 0 fully saturated rings. The monoisotopic (exact) mass is 406 g/mol. The van der Waals surface area contributed by atoms with Crippen molar-refractivity contribution in [1.82, 2.24) is 0 Å². The van der Waals surface area contributed by atoms with Crippen LogP contribution in [0.5, 0.6) is 0 Å². The largest absolute Gasteiger partial charge is 0.396 e. The molecule has 2 N–H and O–H groups in total. The molecule has 0 radical (unpaired) electrons. The highest BCUT2D eigenvalue weighted by Gasteiger charge is 2.12. The Morgan fingerprint density at radius 3 is 1.64 bits per heavy atom. The molecule has 28 heavy (non-hydrogen) atoms. The van der Waals surface area contributed by atoms with Crippen LogP contribution in [0.1, 0.15) is 132 Å². The lowest BCUT2D eigenvalue weighted by molar-refractivity contribution is 0.0758. The minimum atomic E-state index is -1.08. The zero-order valence-electron chi connectivity index (χ0n) is 20.5. The van der Waals surface area contributed by atoms with Crippen molar-refractivity contribution in [2.24, 2.45) is 11.8 Å². The van der Waals surface area contributed by atoms with Gasteiger partial charge in [-0.1, -0.05) is 99.3 Å². The first-order valence-electron chi connectivity index (χ1n) is 12.2. The fraction of sp³-hybridized carbons (Fsp3) is 1.00. The molecule has 0 rings (SSSR count). The van der Waals surface area contributed by atoms with Crippen LogP contribution in [0.4, 0.5) is 4.39 Å². The third kappa shape index (κ3) is 30.6. The maximum atomic E-state index is 12.3. The number of halogens is 1. The topological polar surface area (TPSA) is 40.5 Å². The highest BCUT2D eigenvalue weighted by atomic mass is 19.1. The molecule has 174 valence electrons. The SMILES string of the molecule is CC(C)CCC(O)C(C)F.CCC.CCCCCCC[C@@H](CCC)CCCO. The molecule has 0 aromatic carbocycles. The summed E-state index contributed by atoms with van der Waals surface area (Å²) < 4.78 is 12.3.